The topological polar surface area (TPSA) is 83.2 Å². The summed E-state index contributed by atoms with van der Waals surface area (Å²) >= 11 is 1.46. The van der Waals surface area contributed by atoms with Gasteiger partial charge in [0.15, 0.2) is 0 Å². The predicted molar refractivity (Wildman–Crippen MR) is 121 cm³/mol. The second kappa shape index (κ2) is 7.87. The third-order valence-corrected chi connectivity index (χ3v) is 7.00. The van der Waals surface area contributed by atoms with Crippen LogP contribution in [-0.4, -0.2) is 41.9 Å². The van der Waals surface area contributed by atoms with Crippen LogP contribution < -0.4 is 9.64 Å². The van der Waals surface area contributed by atoms with Crippen molar-refractivity contribution in [3.63, 3.8) is 0 Å². The number of carbonyl (C=O) groups is 2. The van der Waals surface area contributed by atoms with Gasteiger partial charge in [-0.05, 0) is 54.3 Å². The van der Waals surface area contributed by atoms with Gasteiger partial charge in [0.05, 0.1) is 30.6 Å². The number of aliphatic hydroxyl groups is 1. The Bertz CT molecular complexity index is 1230. The average molecular weight is 451 g/mol. The number of hydrogen-bond donors (Lipinski definition) is 1. The summed E-state index contributed by atoms with van der Waals surface area (Å²) in [6.45, 7) is 3.38. The van der Waals surface area contributed by atoms with Gasteiger partial charge in [0.2, 0.25) is 0 Å². The zero-order chi connectivity index (χ0) is 22.4. The summed E-state index contributed by atoms with van der Waals surface area (Å²) in [4.78, 5) is 30.6. The number of aryl methyl sites for hydroxylation is 1. The summed E-state index contributed by atoms with van der Waals surface area (Å²) in [5.74, 6) is -0.254. The van der Waals surface area contributed by atoms with E-state index in [-0.39, 0.29) is 17.9 Å². The lowest BCUT2D eigenvalue weighted by Crippen LogP contribution is -2.29. The smallest absolute Gasteiger partial charge is 0.296 e. The Morgan fingerprint density at radius 1 is 1.25 bits per heavy atom. The Morgan fingerprint density at radius 2 is 2.09 bits per heavy atom. The molecule has 2 aromatic heterocycles. The second-order valence-electron chi connectivity index (χ2n) is 7.93. The molecule has 1 N–H and O–H groups in total. The Balaban J connectivity index is 1.64. The molecule has 1 atom stereocenters. The number of fused-ring (bicyclic) bond motifs is 1. The monoisotopic (exact) mass is 450 g/mol. The number of likely N-dealkylation sites (tertiary alicyclic amines) is 1. The first-order valence-corrected chi connectivity index (χ1v) is 11.2. The molecule has 1 fully saturated rings. The van der Waals surface area contributed by atoms with Gasteiger partial charge in [-0.3, -0.25) is 9.59 Å². The Labute approximate surface area is 189 Å². The lowest BCUT2D eigenvalue weighted by molar-refractivity contribution is -0.140. The number of hydrogen-bond acceptors (Lipinski definition) is 7. The number of Topliss-reactive ketones (excluding diaryl/α,β-unsaturated/α-hetero) is 1. The summed E-state index contributed by atoms with van der Waals surface area (Å²) in [5.41, 5.74) is 2.34. The largest absolute Gasteiger partial charge is 0.507 e. The molecule has 1 aromatic carbocycles. The van der Waals surface area contributed by atoms with Crippen LogP contribution in [0.4, 0.5) is 5.69 Å². The van der Waals surface area contributed by atoms with Crippen molar-refractivity contribution in [3.8, 4) is 5.75 Å². The quantitative estimate of drug-likeness (QED) is 0.366. The highest BCUT2D eigenvalue weighted by Crippen LogP contribution is 2.44. The van der Waals surface area contributed by atoms with Crippen molar-refractivity contribution in [2.24, 2.45) is 0 Å². The van der Waals surface area contributed by atoms with Gasteiger partial charge in [-0.1, -0.05) is 0 Å². The predicted octanol–water partition coefficient (Wildman–Crippen LogP) is 4.10. The molecule has 7 nitrogen and oxygen atoms in total. The second-order valence-corrected chi connectivity index (χ2v) is 8.87. The highest BCUT2D eigenvalue weighted by atomic mass is 32.1. The molecule has 0 radical (unpaired) electrons. The Morgan fingerprint density at radius 3 is 2.81 bits per heavy atom. The fraction of sp³-hybridized carbons (Fsp3) is 0.250. The minimum atomic E-state index is -0.700. The molecule has 0 saturated carbocycles. The van der Waals surface area contributed by atoms with Gasteiger partial charge >= 0.3 is 0 Å². The Kier molecular flexibility index (Phi) is 5.01. The number of rotatable bonds is 4. The first-order valence-electron chi connectivity index (χ1n) is 10.3. The third kappa shape index (κ3) is 3.27. The lowest BCUT2D eigenvalue weighted by atomic mass is 9.98. The number of furan rings is 1. The molecule has 164 valence electrons. The van der Waals surface area contributed by atoms with Gasteiger partial charge in [0.1, 0.15) is 29.9 Å². The number of anilines is 1. The first-order chi connectivity index (χ1) is 15.5. The van der Waals surface area contributed by atoms with E-state index in [2.05, 4.69) is 0 Å². The summed E-state index contributed by atoms with van der Waals surface area (Å²) in [7, 11) is 1.95. The lowest BCUT2D eigenvalue weighted by Gasteiger charge is -2.28. The number of amides is 1. The van der Waals surface area contributed by atoms with Crippen LogP contribution in [0.25, 0.3) is 5.76 Å². The summed E-state index contributed by atoms with van der Waals surface area (Å²) < 4.78 is 11.1. The molecular weight excluding hydrogens is 428 g/mol. The molecule has 0 spiro atoms. The zero-order valence-electron chi connectivity index (χ0n) is 17.7. The zero-order valence-corrected chi connectivity index (χ0v) is 18.5. The van der Waals surface area contributed by atoms with Crippen molar-refractivity contribution in [3.05, 3.63) is 75.4 Å². The molecule has 1 amide bonds. The SMILES string of the molecule is Cc1ccsc1C1/C(=C(/O)c2ccc3c(c2)N(C)CCO3)C(=O)C(=O)N1Cc1ccco1. The molecule has 5 rings (SSSR count). The number of ether oxygens (including phenoxy) is 1. The molecule has 4 heterocycles. The van der Waals surface area contributed by atoms with Crippen molar-refractivity contribution < 1.29 is 23.8 Å². The van der Waals surface area contributed by atoms with E-state index in [0.717, 1.165) is 28.4 Å². The molecule has 8 heteroatoms. The van der Waals surface area contributed by atoms with E-state index in [0.29, 0.717) is 17.9 Å². The number of likely N-dealkylation sites (N-methyl/N-ethyl adjacent to an activating group) is 1. The standard InChI is InChI=1S/C24H22N2O5S/c1-14-7-11-32-23(14)20-19(22(28)24(29)26(20)13-16-4-3-9-30-16)21(27)15-5-6-18-17(12-15)25(2)8-10-31-18/h3-7,9,11-12,20,27H,8,10,13H2,1-2H3/b21-19-. The third-order valence-electron chi connectivity index (χ3n) is 5.92. The van der Waals surface area contributed by atoms with Gasteiger partial charge in [0, 0.05) is 17.5 Å². The van der Waals surface area contributed by atoms with Crippen LogP contribution in [0.15, 0.2) is 58.0 Å². The molecule has 2 aliphatic heterocycles. The van der Waals surface area contributed by atoms with Gasteiger partial charge in [0.25, 0.3) is 11.7 Å². The maximum Gasteiger partial charge on any atom is 0.296 e. The summed E-state index contributed by atoms with van der Waals surface area (Å²) in [6.07, 6.45) is 1.53. The van der Waals surface area contributed by atoms with E-state index < -0.39 is 17.7 Å². The molecule has 1 saturated heterocycles. The molecule has 3 aromatic rings. The number of nitrogens with zero attached hydrogens (tertiary/aromatic N) is 2. The van der Waals surface area contributed by atoms with Crippen molar-refractivity contribution >= 4 is 34.5 Å². The maximum absolute atomic E-state index is 13.2. The minimum absolute atomic E-state index is 0.0893. The number of carbonyl (C=O) groups excluding carboxylic acids is 2. The van der Waals surface area contributed by atoms with E-state index in [1.165, 1.54) is 22.5 Å². The normalized spacial score (nSPS) is 19.9. The molecule has 0 aliphatic carbocycles. The maximum atomic E-state index is 13.2. The van der Waals surface area contributed by atoms with E-state index in [1.807, 2.05) is 30.3 Å². The highest BCUT2D eigenvalue weighted by molar-refractivity contribution is 7.10. The van der Waals surface area contributed by atoms with E-state index >= 15 is 0 Å². The number of aliphatic hydroxyl groups excluding tert-OH is 1. The minimum Gasteiger partial charge on any atom is -0.507 e. The number of benzene rings is 1. The Hall–Kier alpha value is -3.52. The molecular formula is C24H22N2O5S. The van der Waals surface area contributed by atoms with Crippen molar-refractivity contribution in [1.29, 1.82) is 0 Å². The highest BCUT2D eigenvalue weighted by Gasteiger charge is 2.47. The molecule has 32 heavy (non-hydrogen) atoms. The average Bonchev–Trinajstić information content (AvgIpc) is 3.51. The van der Waals surface area contributed by atoms with Crippen LogP contribution in [-0.2, 0) is 16.1 Å². The van der Waals surface area contributed by atoms with Crippen molar-refractivity contribution in [2.75, 3.05) is 25.1 Å². The van der Waals surface area contributed by atoms with Crippen LogP contribution in [0.2, 0.25) is 0 Å². The van der Waals surface area contributed by atoms with Crippen molar-refractivity contribution in [1.82, 2.24) is 4.90 Å². The van der Waals surface area contributed by atoms with Gasteiger partial charge in [-0.25, -0.2) is 0 Å². The van der Waals surface area contributed by atoms with Gasteiger partial charge in [-0.2, -0.15) is 0 Å². The van der Waals surface area contributed by atoms with E-state index in [1.54, 1.807) is 30.3 Å². The number of thiophene rings is 1. The summed E-state index contributed by atoms with van der Waals surface area (Å²) in [5, 5.41) is 13.2. The van der Waals surface area contributed by atoms with Crippen LogP contribution >= 0.6 is 11.3 Å². The molecule has 1 unspecified atom stereocenters. The fourth-order valence-corrected chi connectivity index (χ4v) is 5.25. The van der Waals surface area contributed by atoms with Crippen LogP contribution in [0.5, 0.6) is 5.75 Å². The molecule has 0 bridgehead atoms. The first kappa shape index (κ1) is 20.4. The molecule has 2 aliphatic rings. The summed E-state index contributed by atoms with van der Waals surface area (Å²) in [6, 6.07) is 10.0. The van der Waals surface area contributed by atoms with E-state index in [9.17, 15) is 14.7 Å². The van der Waals surface area contributed by atoms with Crippen molar-refractivity contribution in [2.45, 2.75) is 19.5 Å². The van der Waals surface area contributed by atoms with Crippen LogP contribution in [0.3, 0.4) is 0 Å². The van der Waals surface area contributed by atoms with Gasteiger partial charge in [-0.15, -0.1) is 11.3 Å². The van der Waals surface area contributed by atoms with E-state index in [4.69, 9.17) is 9.15 Å². The van der Waals surface area contributed by atoms with Crippen LogP contribution in [0, 0.1) is 6.92 Å². The fourth-order valence-electron chi connectivity index (χ4n) is 4.20. The van der Waals surface area contributed by atoms with Crippen LogP contribution in [0.1, 0.15) is 27.8 Å². The number of ketones is 1. The van der Waals surface area contributed by atoms with Gasteiger partial charge < -0.3 is 24.1 Å².